The predicted molar refractivity (Wildman–Crippen MR) is 140 cm³/mol. The van der Waals surface area contributed by atoms with Crippen molar-refractivity contribution in [1.82, 2.24) is 4.90 Å². The third-order valence-corrected chi connectivity index (χ3v) is 6.91. The van der Waals surface area contributed by atoms with E-state index in [4.69, 9.17) is 9.15 Å². The van der Waals surface area contributed by atoms with Crippen molar-refractivity contribution in [1.29, 1.82) is 0 Å². The van der Waals surface area contributed by atoms with Gasteiger partial charge in [0.05, 0.1) is 24.5 Å². The van der Waals surface area contributed by atoms with Gasteiger partial charge in [-0.1, -0.05) is 13.3 Å². The van der Waals surface area contributed by atoms with E-state index in [1.807, 2.05) is 0 Å². The Morgan fingerprint density at radius 1 is 1.19 bits per heavy atom. The summed E-state index contributed by atoms with van der Waals surface area (Å²) in [7, 11) is -3.45. The molecule has 1 aliphatic heterocycles. The fourth-order valence-corrected chi connectivity index (χ4v) is 5.08. The van der Waals surface area contributed by atoms with E-state index < -0.39 is 10.0 Å². The fourth-order valence-electron chi connectivity index (χ4n) is 4.53. The summed E-state index contributed by atoms with van der Waals surface area (Å²) >= 11 is 0. The zero-order chi connectivity index (χ0) is 25.7. The monoisotopic (exact) mass is 514 g/mol. The number of furan rings is 1. The molecule has 0 amide bonds. The first-order valence-electron chi connectivity index (χ1n) is 12.4. The van der Waals surface area contributed by atoms with Crippen LogP contribution in [0.15, 0.2) is 46.9 Å². The standard InChI is InChI=1S/C27H34N2O6S/c1-3-4-6-25-26(23-17-20(28-36(2,32)33)9-12-24(23)35-25)27(31)19-7-10-22(11-8-19)34-16-5-14-29-15-13-21(30)18-29/h7-12,17,21,28,30H,3-6,13-16,18H2,1-2H3/t21-/m1/s1. The van der Waals surface area contributed by atoms with Gasteiger partial charge in [-0.05, 0) is 61.7 Å². The number of anilines is 1. The summed E-state index contributed by atoms with van der Waals surface area (Å²) in [5.41, 5.74) is 1.91. The summed E-state index contributed by atoms with van der Waals surface area (Å²) in [4.78, 5) is 15.8. The van der Waals surface area contributed by atoms with E-state index in [-0.39, 0.29) is 11.9 Å². The molecule has 1 aromatic heterocycles. The van der Waals surface area contributed by atoms with E-state index >= 15 is 0 Å². The van der Waals surface area contributed by atoms with Crippen molar-refractivity contribution in [3.8, 4) is 5.75 Å². The molecule has 3 aromatic rings. The van der Waals surface area contributed by atoms with Gasteiger partial charge in [-0.3, -0.25) is 9.52 Å². The SMILES string of the molecule is CCCCc1oc2ccc(NS(C)(=O)=O)cc2c1C(=O)c1ccc(OCCCN2CC[C@@H](O)C2)cc1. The number of rotatable bonds is 12. The van der Waals surface area contributed by atoms with Gasteiger partial charge in [0.25, 0.3) is 0 Å². The number of carbonyl (C=O) groups excluding carboxylic acids is 1. The first-order chi connectivity index (χ1) is 17.2. The molecule has 1 saturated heterocycles. The average Bonchev–Trinajstić information content (AvgIpc) is 3.42. The van der Waals surface area contributed by atoms with Crippen molar-refractivity contribution >= 4 is 32.5 Å². The third-order valence-electron chi connectivity index (χ3n) is 6.30. The van der Waals surface area contributed by atoms with Gasteiger partial charge in [0, 0.05) is 42.7 Å². The highest BCUT2D eigenvalue weighted by Gasteiger charge is 2.23. The summed E-state index contributed by atoms with van der Waals surface area (Å²) in [5.74, 6) is 1.13. The summed E-state index contributed by atoms with van der Waals surface area (Å²) in [5, 5.41) is 10.2. The highest BCUT2D eigenvalue weighted by Crippen LogP contribution is 2.32. The molecule has 8 nitrogen and oxygen atoms in total. The van der Waals surface area contributed by atoms with Crippen LogP contribution in [0.3, 0.4) is 0 Å². The number of aliphatic hydroxyl groups is 1. The maximum absolute atomic E-state index is 13.6. The normalized spacial score (nSPS) is 16.5. The van der Waals surface area contributed by atoms with E-state index in [2.05, 4.69) is 16.5 Å². The Kier molecular flexibility index (Phi) is 8.33. The van der Waals surface area contributed by atoms with Crippen LogP contribution in [0.4, 0.5) is 5.69 Å². The molecule has 0 spiro atoms. The summed E-state index contributed by atoms with van der Waals surface area (Å²) in [6, 6.07) is 12.0. The molecule has 0 aliphatic carbocycles. The van der Waals surface area contributed by atoms with Crippen molar-refractivity contribution in [2.24, 2.45) is 0 Å². The molecule has 0 saturated carbocycles. The molecule has 0 radical (unpaired) electrons. The molecule has 1 fully saturated rings. The van der Waals surface area contributed by atoms with E-state index in [1.54, 1.807) is 42.5 Å². The maximum atomic E-state index is 13.6. The lowest BCUT2D eigenvalue weighted by atomic mass is 9.98. The van der Waals surface area contributed by atoms with Crippen molar-refractivity contribution < 1.29 is 27.5 Å². The smallest absolute Gasteiger partial charge is 0.229 e. The quantitative estimate of drug-likeness (QED) is 0.275. The summed E-state index contributed by atoms with van der Waals surface area (Å²) < 4.78 is 37.7. The maximum Gasteiger partial charge on any atom is 0.229 e. The Hall–Kier alpha value is -2.88. The number of likely N-dealkylation sites (tertiary alicyclic amines) is 1. The second kappa shape index (κ2) is 11.5. The van der Waals surface area contributed by atoms with Crippen LogP contribution in [-0.2, 0) is 16.4 Å². The number of sulfonamides is 1. The van der Waals surface area contributed by atoms with Gasteiger partial charge < -0.3 is 19.2 Å². The van der Waals surface area contributed by atoms with Crippen molar-refractivity contribution in [2.45, 2.75) is 45.1 Å². The van der Waals surface area contributed by atoms with Gasteiger partial charge in [0.1, 0.15) is 17.1 Å². The number of ketones is 1. The van der Waals surface area contributed by atoms with Crippen LogP contribution in [0.1, 0.15) is 54.3 Å². The third kappa shape index (κ3) is 6.66. The topological polar surface area (TPSA) is 109 Å². The predicted octanol–water partition coefficient (Wildman–Crippen LogP) is 4.21. The minimum atomic E-state index is -3.45. The summed E-state index contributed by atoms with van der Waals surface area (Å²) in [6.45, 7) is 5.17. The second-order valence-corrected chi connectivity index (χ2v) is 11.1. The van der Waals surface area contributed by atoms with Gasteiger partial charge in [-0.25, -0.2) is 8.42 Å². The van der Waals surface area contributed by atoms with E-state index in [0.29, 0.717) is 52.3 Å². The number of nitrogens with one attached hydrogen (secondary N) is 1. The number of unbranched alkanes of at least 4 members (excludes halogenated alkanes) is 1. The van der Waals surface area contributed by atoms with E-state index in [0.717, 1.165) is 51.6 Å². The van der Waals surface area contributed by atoms with Crippen LogP contribution in [0.25, 0.3) is 11.0 Å². The van der Waals surface area contributed by atoms with Gasteiger partial charge >= 0.3 is 0 Å². The Morgan fingerprint density at radius 3 is 2.64 bits per heavy atom. The van der Waals surface area contributed by atoms with Gasteiger partial charge in [0.15, 0.2) is 5.78 Å². The van der Waals surface area contributed by atoms with Crippen LogP contribution in [-0.4, -0.2) is 62.8 Å². The number of ether oxygens (including phenoxy) is 1. The largest absolute Gasteiger partial charge is 0.494 e. The molecule has 9 heteroatoms. The highest BCUT2D eigenvalue weighted by molar-refractivity contribution is 7.92. The molecule has 194 valence electrons. The van der Waals surface area contributed by atoms with Crippen LogP contribution in [0, 0.1) is 0 Å². The number of hydrogen-bond donors (Lipinski definition) is 2. The van der Waals surface area contributed by atoms with Crippen LogP contribution >= 0.6 is 0 Å². The molecule has 4 rings (SSSR count). The zero-order valence-corrected chi connectivity index (χ0v) is 21.6. The Morgan fingerprint density at radius 2 is 1.97 bits per heavy atom. The Labute approximate surface area is 212 Å². The van der Waals surface area contributed by atoms with Crippen molar-refractivity contribution in [3.05, 3.63) is 59.4 Å². The van der Waals surface area contributed by atoms with Gasteiger partial charge in [0.2, 0.25) is 10.0 Å². The van der Waals surface area contributed by atoms with Crippen LogP contribution < -0.4 is 9.46 Å². The second-order valence-electron chi connectivity index (χ2n) is 9.39. The Bertz CT molecular complexity index is 1300. The van der Waals surface area contributed by atoms with Crippen LogP contribution in [0.2, 0.25) is 0 Å². The lowest BCUT2D eigenvalue weighted by molar-refractivity contribution is 0.103. The first-order valence-corrected chi connectivity index (χ1v) is 14.3. The van der Waals surface area contributed by atoms with E-state index in [9.17, 15) is 18.3 Å². The number of aryl methyl sites for hydroxylation is 1. The molecule has 2 N–H and O–H groups in total. The lowest BCUT2D eigenvalue weighted by Gasteiger charge is -2.14. The minimum Gasteiger partial charge on any atom is -0.494 e. The number of β-amino-alcohol motifs (C(OH)–C–C–N with tert-alkyl or cyclic N) is 1. The first kappa shape index (κ1) is 26.2. The van der Waals surface area contributed by atoms with Gasteiger partial charge in [-0.2, -0.15) is 0 Å². The molecule has 36 heavy (non-hydrogen) atoms. The molecule has 1 aliphatic rings. The number of carbonyl (C=O) groups is 1. The van der Waals surface area contributed by atoms with Crippen molar-refractivity contribution in [3.63, 3.8) is 0 Å². The average molecular weight is 515 g/mol. The molecule has 0 bridgehead atoms. The molecule has 1 atom stereocenters. The highest BCUT2D eigenvalue weighted by atomic mass is 32.2. The summed E-state index contributed by atoms with van der Waals surface area (Å²) in [6.07, 6.45) is 5.01. The van der Waals surface area contributed by atoms with Crippen LogP contribution in [0.5, 0.6) is 5.75 Å². The van der Waals surface area contributed by atoms with Crippen molar-refractivity contribution in [2.75, 3.05) is 37.2 Å². The zero-order valence-electron chi connectivity index (χ0n) is 20.8. The Balaban J connectivity index is 1.49. The number of aliphatic hydroxyl groups excluding tert-OH is 1. The molecular weight excluding hydrogens is 480 g/mol. The number of fused-ring (bicyclic) bond motifs is 1. The molecule has 2 aromatic carbocycles. The minimum absolute atomic E-state index is 0.171. The number of nitrogens with zero attached hydrogens (tertiary/aromatic N) is 1. The van der Waals surface area contributed by atoms with Gasteiger partial charge in [-0.15, -0.1) is 0 Å². The molecule has 0 unspecified atom stereocenters. The number of benzene rings is 2. The number of hydrogen-bond acceptors (Lipinski definition) is 7. The molecular formula is C27H34N2O6S. The van der Waals surface area contributed by atoms with E-state index in [1.165, 1.54) is 0 Å². The lowest BCUT2D eigenvalue weighted by Crippen LogP contribution is -2.24. The molecule has 2 heterocycles. The fraction of sp³-hybridized carbons (Fsp3) is 0.444.